The van der Waals surface area contributed by atoms with E-state index in [0.29, 0.717) is 5.69 Å². The van der Waals surface area contributed by atoms with E-state index < -0.39 is 11.9 Å². The number of rotatable bonds is 3. The van der Waals surface area contributed by atoms with Crippen LogP contribution in [0.3, 0.4) is 0 Å². The van der Waals surface area contributed by atoms with Crippen LogP contribution in [0, 0.1) is 6.92 Å². The summed E-state index contributed by atoms with van der Waals surface area (Å²) in [4.78, 5) is 7.65. The van der Waals surface area contributed by atoms with Gasteiger partial charge in [-0.05, 0) is 19.8 Å². The second-order valence-electron chi connectivity index (χ2n) is 5.41. The highest BCUT2D eigenvalue weighted by Crippen LogP contribution is 2.36. The van der Waals surface area contributed by atoms with Gasteiger partial charge < -0.3 is 9.84 Å². The molecule has 0 saturated heterocycles. The van der Waals surface area contributed by atoms with Gasteiger partial charge in [0.1, 0.15) is 0 Å². The van der Waals surface area contributed by atoms with Gasteiger partial charge in [-0.15, -0.1) is 0 Å². The quantitative estimate of drug-likeness (QED) is 0.933. The van der Waals surface area contributed by atoms with Crippen molar-refractivity contribution in [3.8, 4) is 11.3 Å². The van der Waals surface area contributed by atoms with Gasteiger partial charge in [0.2, 0.25) is 5.95 Å². The summed E-state index contributed by atoms with van der Waals surface area (Å²) in [5, 5.41) is 6.58. The number of aromatic nitrogens is 3. The summed E-state index contributed by atoms with van der Waals surface area (Å²) in [5.41, 5.74) is -0.722. The third-order valence-corrected chi connectivity index (χ3v) is 3.64. The summed E-state index contributed by atoms with van der Waals surface area (Å²) in [6.07, 6.45) is 0.526. The van der Waals surface area contributed by atoms with Crippen LogP contribution < -0.4 is 5.32 Å². The number of nitrogens with zero attached hydrogens (tertiary/aromatic N) is 3. The number of halogens is 3. The maximum absolute atomic E-state index is 13.3. The molecule has 5 nitrogen and oxygen atoms in total. The first-order valence-electron chi connectivity index (χ1n) is 7.08. The van der Waals surface area contributed by atoms with Crippen LogP contribution in [0.15, 0.2) is 16.8 Å². The van der Waals surface area contributed by atoms with Crippen molar-refractivity contribution < 1.29 is 17.7 Å². The summed E-state index contributed by atoms with van der Waals surface area (Å²) >= 11 is 0. The fraction of sp³-hybridized carbons (Fsp3) is 0.500. The molecule has 1 saturated carbocycles. The number of hydrogen-bond donors (Lipinski definition) is 1. The van der Waals surface area contributed by atoms with Gasteiger partial charge in [-0.3, -0.25) is 0 Å². The van der Waals surface area contributed by atoms with Crippen LogP contribution in [-0.4, -0.2) is 21.2 Å². The Morgan fingerprint density at radius 2 is 2.00 bits per heavy atom. The van der Waals surface area contributed by atoms with Gasteiger partial charge in [-0.2, -0.15) is 13.2 Å². The Balaban J connectivity index is 1.96. The van der Waals surface area contributed by atoms with Gasteiger partial charge >= 0.3 is 6.18 Å². The third kappa shape index (κ3) is 3.05. The first-order chi connectivity index (χ1) is 10.4. The minimum Gasteiger partial charge on any atom is -0.356 e. The van der Waals surface area contributed by atoms with E-state index in [1.54, 1.807) is 6.92 Å². The zero-order chi connectivity index (χ0) is 15.7. The number of hydrogen-bond acceptors (Lipinski definition) is 5. The normalized spacial score (nSPS) is 16.2. The molecule has 1 aliphatic rings. The zero-order valence-electron chi connectivity index (χ0n) is 11.9. The van der Waals surface area contributed by atoms with Crippen molar-refractivity contribution in [2.75, 3.05) is 5.32 Å². The molecule has 0 atom stereocenters. The monoisotopic (exact) mass is 312 g/mol. The minimum absolute atomic E-state index is 0.000729. The average molecular weight is 312 g/mol. The number of aryl methyl sites for hydroxylation is 1. The summed E-state index contributed by atoms with van der Waals surface area (Å²) in [6, 6.07) is 1.57. The summed E-state index contributed by atoms with van der Waals surface area (Å²) in [5.74, 6) is 0.0106. The predicted molar refractivity (Wildman–Crippen MR) is 73.1 cm³/mol. The Hall–Kier alpha value is -2.12. The number of alkyl halides is 3. The molecule has 2 aromatic rings. The van der Waals surface area contributed by atoms with E-state index >= 15 is 0 Å². The van der Waals surface area contributed by atoms with Crippen molar-refractivity contribution in [1.82, 2.24) is 15.1 Å². The largest absolute Gasteiger partial charge is 0.434 e. The van der Waals surface area contributed by atoms with E-state index in [1.165, 1.54) is 6.07 Å². The van der Waals surface area contributed by atoms with Gasteiger partial charge in [0.25, 0.3) is 0 Å². The van der Waals surface area contributed by atoms with Gasteiger partial charge in [0.05, 0.1) is 11.3 Å². The van der Waals surface area contributed by atoms with Crippen molar-refractivity contribution in [3.05, 3.63) is 23.7 Å². The minimum atomic E-state index is -4.59. The Bertz CT molecular complexity index is 662. The maximum atomic E-state index is 13.3. The molecule has 2 aromatic heterocycles. The molecule has 2 heterocycles. The molecule has 1 aliphatic carbocycles. The van der Waals surface area contributed by atoms with Crippen LogP contribution in [-0.2, 0) is 6.18 Å². The Labute approximate surface area is 124 Å². The molecule has 8 heteroatoms. The zero-order valence-corrected chi connectivity index (χ0v) is 11.9. The molecule has 1 N–H and O–H groups in total. The number of nitrogens with one attached hydrogen (secondary N) is 1. The summed E-state index contributed by atoms with van der Waals surface area (Å²) in [7, 11) is 0. The second kappa shape index (κ2) is 5.58. The van der Waals surface area contributed by atoms with E-state index in [1.807, 2.05) is 0 Å². The lowest BCUT2D eigenvalue weighted by Gasteiger charge is -2.15. The molecule has 0 unspecified atom stereocenters. The first kappa shape index (κ1) is 14.8. The van der Waals surface area contributed by atoms with E-state index in [0.717, 1.165) is 31.9 Å². The fourth-order valence-corrected chi connectivity index (χ4v) is 2.59. The SMILES string of the molecule is Cc1cc(-c2cnc(NC3CCCC3)nc2C(F)(F)F)on1. The van der Waals surface area contributed by atoms with Crippen LogP contribution in [0.4, 0.5) is 19.1 Å². The van der Waals surface area contributed by atoms with Crippen LogP contribution in [0.1, 0.15) is 37.1 Å². The highest BCUT2D eigenvalue weighted by molar-refractivity contribution is 5.61. The smallest absolute Gasteiger partial charge is 0.356 e. The second-order valence-corrected chi connectivity index (χ2v) is 5.41. The standard InChI is InChI=1S/C14H15F3N4O/c1-8-6-11(22-21-8)10-7-18-13(19-9-4-2-3-5-9)20-12(10)14(15,16)17/h6-7,9H,2-5H2,1H3,(H,18,19,20). The van der Waals surface area contributed by atoms with Gasteiger partial charge in [0, 0.05) is 18.3 Å². The summed E-state index contributed by atoms with van der Waals surface area (Å²) in [6.45, 7) is 1.64. The van der Waals surface area contributed by atoms with Crippen molar-refractivity contribution in [1.29, 1.82) is 0 Å². The fourth-order valence-electron chi connectivity index (χ4n) is 2.59. The Morgan fingerprint density at radius 1 is 1.27 bits per heavy atom. The molecule has 0 radical (unpaired) electrons. The average Bonchev–Trinajstić information content (AvgIpc) is 3.09. The predicted octanol–water partition coefficient (Wildman–Crippen LogP) is 3.81. The van der Waals surface area contributed by atoms with Crippen LogP contribution >= 0.6 is 0 Å². The van der Waals surface area contributed by atoms with Gasteiger partial charge in [0.15, 0.2) is 11.5 Å². The molecule has 0 aromatic carbocycles. The highest BCUT2D eigenvalue weighted by atomic mass is 19.4. The molecule has 118 valence electrons. The summed E-state index contributed by atoms with van der Waals surface area (Å²) < 4.78 is 44.7. The Morgan fingerprint density at radius 3 is 2.59 bits per heavy atom. The lowest BCUT2D eigenvalue weighted by atomic mass is 10.1. The molecule has 3 rings (SSSR count). The first-order valence-corrected chi connectivity index (χ1v) is 7.08. The lowest BCUT2D eigenvalue weighted by Crippen LogP contribution is -2.19. The highest BCUT2D eigenvalue weighted by Gasteiger charge is 2.37. The van der Waals surface area contributed by atoms with Crippen LogP contribution in [0.25, 0.3) is 11.3 Å². The molecule has 22 heavy (non-hydrogen) atoms. The van der Waals surface area contributed by atoms with Crippen molar-refractivity contribution in [2.24, 2.45) is 0 Å². The molecule has 0 bridgehead atoms. The van der Waals surface area contributed by atoms with E-state index in [9.17, 15) is 13.2 Å². The molecule has 0 amide bonds. The van der Waals surface area contributed by atoms with Crippen molar-refractivity contribution in [3.63, 3.8) is 0 Å². The van der Waals surface area contributed by atoms with Crippen LogP contribution in [0.5, 0.6) is 0 Å². The van der Waals surface area contributed by atoms with E-state index in [-0.39, 0.29) is 23.3 Å². The van der Waals surface area contributed by atoms with Gasteiger partial charge in [-0.25, -0.2) is 9.97 Å². The lowest BCUT2D eigenvalue weighted by molar-refractivity contribution is -0.140. The van der Waals surface area contributed by atoms with Crippen LogP contribution in [0.2, 0.25) is 0 Å². The Kier molecular flexibility index (Phi) is 3.76. The van der Waals surface area contributed by atoms with E-state index in [2.05, 4.69) is 20.4 Å². The molecular weight excluding hydrogens is 297 g/mol. The van der Waals surface area contributed by atoms with E-state index in [4.69, 9.17) is 4.52 Å². The molecule has 0 spiro atoms. The van der Waals surface area contributed by atoms with Gasteiger partial charge in [-0.1, -0.05) is 18.0 Å². The number of anilines is 1. The van der Waals surface area contributed by atoms with Crippen molar-refractivity contribution in [2.45, 2.75) is 44.8 Å². The van der Waals surface area contributed by atoms with Crippen molar-refractivity contribution >= 4 is 5.95 Å². The molecule has 1 fully saturated rings. The maximum Gasteiger partial charge on any atom is 0.434 e. The third-order valence-electron chi connectivity index (χ3n) is 3.64. The molecular formula is C14H15F3N4O. The topological polar surface area (TPSA) is 63.8 Å². The molecule has 0 aliphatic heterocycles.